The molecule has 0 aliphatic carbocycles. The van der Waals surface area contributed by atoms with E-state index in [-0.39, 0.29) is 0 Å². The Morgan fingerprint density at radius 3 is 2.68 bits per heavy atom. The smallest absolute Gasteiger partial charge is 0.126 e. The SMILES string of the molecule is CCCCCCCCOc1ccncc1CNCC. The molecule has 0 saturated heterocycles. The molecule has 0 bridgehead atoms. The van der Waals surface area contributed by atoms with Crippen LogP contribution in [0.4, 0.5) is 0 Å². The lowest BCUT2D eigenvalue weighted by Gasteiger charge is -2.11. The minimum absolute atomic E-state index is 0.815. The van der Waals surface area contributed by atoms with Crippen molar-refractivity contribution in [3.05, 3.63) is 24.0 Å². The number of hydrogen-bond acceptors (Lipinski definition) is 3. The maximum absolute atomic E-state index is 5.86. The Bertz CT molecular complexity index is 328. The van der Waals surface area contributed by atoms with Gasteiger partial charge in [-0.3, -0.25) is 4.98 Å². The molecule has 108 valence electrons. The fraction of sp³-hybridized carbons (Fsp3) is 0.688. The lowest BCUT2D eigenvalue weighted by atomic mass is 10.1. The summed E-state index contributed by atoms with van der Waals surface area (Å²) in [6, 6.07) is 1.96. The third-order valence-electron chi connectivity index (χ3n) is 3.18. The maximum atomic E-state index is 5.86. The zero-order valence-electron chi connectivity index (χ0n) is 12.5. The molecule has 1 heterocycles. The van der Waals surface area contributed by atoms with Crippen LogP contribution in [-0.4, -0.2) is 18.1 Å². The van der Waals surface area contributed by atoms with Crippen LogP contribution in [0.25, 0.3) is 0 Å². The molecule has 3 nitrogen and oxygen atoms in total. The first kappa shape index (κ1) is 16.0. The van der Waals surface area contributed by atoms with Gasteiger partial charge in [-0.1, -0.05) is 46.0 Å². The molecule has 0 saturated carbocycles. The van der Waals surface area contributed by atoms with Crippen molar-refractivity contribution in [2.24, 2.45) is 0 Å². The number of hydrogen-bond donors (Lipinski definition) is 1. The molecule has 0 aliphatic heterocycles. The molecule has 0 radical (unpaired) electrons. The van der Waals surface area contributed by atoms with Crippen molar-refractivity contribution in [1.82, 2.24) is 10.3 Å². The standard InChI is InChI=1S/C16H28N2O/c1-3-5-6-7-8-9-12-19-16-10-11-18-14-15(16)13-17-4-2/h10-11,14,17H,3-9,12-13H2,1-2H3. The summed E-state index contributed by atoms with van der Waals surface area (Å²) in [6.45, 7) is 6.96. The molecule has 0 spiro atoms. The summed E-state index contributed by atoms with van der Waals surface area (Å²) in [5.41, 5.74) is 1.15. The molecule has 1 rings (SSSR count). The van der Waals surface area contributed by atoms with Crippen molar-refractivity contribution in [1.29, 1.82) is 0 Å². The molecule has 0 unspecified atom stereocenters. The van der Waals surface area contributed by atoms with Crippen LogP contribution in [0.2, 0.25) is 0 Å². The normalized spacial score (nSPS) is 10.6. The van der Waals surface area contributed by atoms with E-state index in [1.54, 1.807) is 6.20 Å². The third-order valence-corrected chi connectivity index (χ3v) is 3.18. The fourth-order valence-electron chi connectivity index (χ4n) is 2.01. The summed E-state index contributed by atoms with van der Waals surface area (Å²) in [7, 11) is 0. The molecule has 19 heavy (non-hydrogen) atoms. The second kappa shape index (κ2) is 10.8. The van der Waals surface area contributed by atoms with Crippen LogP contribution >= 0.6 is 0 Å². The second-order valence-corrected chi connectivity index (χ2v) is 4.88. The first-order chi connectivity index (χ1) is 9.38. The van der Waals surface area contributed by atoms with Crippen molar-refractivity contribution in [2.75, 3.05) is 13.2 Å². The van der Waals surface area contributed by atoms with Crippen LogP contribution in [-0.2, 0) is 6.54 Å². The summed E-state index contributed by atoms with van der Waals surface area (Å²) in [4.78, 5) is 4.16. The van der Waals surface area contributed by atoms with Gasteiger partial charge in [0.2, 0.25) is 0 Å². The van der Waals surface area contributed by atoms with Crippen molar-refractivity contribution in [3.63, 3.8) is 0 Å². The van der Waals surface area contributed by atoms with Crippen LogP contribution < -0.4 is 10.1 Å². The number of aromatic nitrogens is 1. The van der Waals surface area contributed by atoms with Gasteiger partial charge in [-0.05, 0) is 19.0 Å². The average molecular weight is 264 g/mol. The van der Waals surface area contributed by atoms with E-state index in [1.807, 2.05) is 12.3 Å². The van der Waals surface area contributed by atoms with Gasteiger partial charge < -0.3 is 10.1 Å². The zero-order valence-corrected chi connectivity index (χ0v) is 12.5. The van der Waals surface area contributed by atoms with Gasteiger partial charge >= 0.3 is 0 Å². The average Bonchev–Trinajstić information content (AvgIpc) is 2.45. The Labute approximate surface area is 117 Å². The highest BCUT2D eigenvalue weighted by atomic mass is 16.5. The Morgan fingerprint density at radius 1 is 1.11 bits per heavy atom. The van der Waals surface area contributed by atoms with E-state index < -0.39 is 0 Å². The van der Waals surface area contributed by atoms with Gasteiger partial charge in [-0.25, -0.2) is 0 Å². The second-order valence-electron chi connectivity index (χ2n) is 4.88. The van der Waals surface area contributed by atoms with Crippen molar-refractivity contribution < 1.29 is 4.74 Å². The monoisotopic (exact) mass is 264 g/mol. The predicted octanol–water partition coefficient (Wildman–Crippen LogP) is 3.93. The number of ether oxygens (including phenoxy) is 1. The molecular weight excluding hydrogens is 236 g/mol. The predicted molar refractivity (Wildman–Crippen MR) is 80.5 cm³/mol. The van der Waals surface area contributed by atoms with Crippen LogP contribution in [0.1, 0.15) is 57.9 Å². The van der Waals surface area contributed by atoms with E-state index in [2.05, 4.69) is 24.1 Å². The molecule has 0 fully saturated rings. The largest absolute Gasteiger partial charge is 0.493 e. The molecule has 1 N–H and O–H groups in total. The first-order valence-corrected chi connectivity index (χ1v) is 7.64. The maximum Gasteiger partial charge on any atom is 0.126 e. The van der Waals surface area contributed by atoms with E-state index in [9.17, 15) is 0 Å². The Morgan fingerprint density at radius 2 is 1.89 bits per heavy atom. The molecule has 3 heteroatoms. The number of pyridine rings is 1. The van der Waals surface area contributed by atoms with Crippen LogP contribution in [0.15, 0.2) is 18.5 Å². The number of nitrogens with zero attached hydrogens (tertiary/aromatic N) is 1. The third kappa shape index (κ3) is 7.16. The number of unbranched alkanes of at least 4 members (excludes halogenated alkanes) is 5. The molecule has 0 aliphatic rings. The van der Waals surface area contributed by atoms with E-state index in [1.165, 1.54) is 32.1 Å². The summed E-state index contributed by atoms with van der Waals surface area (Å²) < 4.78 is 5.86. The summed E-state index contributed by atoms with van der Waals surface area (Å²) in [5.74, 6) is 0.976. The van der Waals surface area contributed by atoms with Gasteiger partial charge in [0.25, 0.3) is 0 Å². The highest BCUT2D eigenvalue weighted by molar-refractivity contribution is 5.29. The molecular formula is C16H28N2O. The highest BCUT2D eigenvalue weighted by Crippen LogP contribution is 2.17. The highest BCUT2D eigenvalue weighted by Gasteiger charge is 2.02. The van der Waals surface area contributed by atoms with Gasteiger partial charge in [-0.2, -0.15) is 0 Å². The van der Waals surface area contributed by atoms with Gasteiger partial charge in [-0.15, -0.1) is 0 Å². The van der Waals surface area contributed by atoms with E-state index in [0.717, 1.165) is 37.4 Å². The van der Waals surface area contributed by atoms with E-state index in [0.29, 0.717) is 0 Å². The van der Waals surface area contributed by atoms with Crippen molar-refractivity contribution >= 4 is 0 Å². The first-order valence-electron chi connectivity index (χ1n) is 7.64. The Balaban J connectivity index is 2.21. The molecule has 0 aromatic carbocycles. The van der Waals surface area contributed by atoms with Gasteiger partial charge in [0.05, 0.1) is 6.61 Å². The van der Waals surface area contributed by atoms with Gasteiger partial charge in [0.1, 0.15) is 5.75 Å². The van der Waals surface area contributed by atoms with E-state index in [4.69, 9.17) is 4.74 Å². The minimum Gasteiger partial charge on any atom is -0.493 e. The van der Waals surface area contributed by atoms with Gasteiger partial charge in [0.15, 0.2) is 0 Å². The Kier molecular flexibility index (Phi) is 9.07. The molecule has 1 aromatic heterocycles. The molecule has 0 amide bonds. The summed E-state index contributed by atoms with van der Waals surface area (Å²) in [5, 5.41) is 3.31. The zero-order chi connectivity index (χ0) is 13.8. The topological polar surface area (TPSA) is 34.1 Å². The van der Waals surface area contributed by atoms with Crippen LogP contribution in [0, 0.1) is 0 Å². The summed E-state index contributed by atoms with van der Waals surface area (Å²) >= 11 is 0. The van der Waals surface area contributed by atoms with Crippen molar-refractivity contribution in [3.8, 4) is 5.75 Å². The van der Waals surface area contributed by atoms with E-state index >= 15 is 0 Å². The Hall–Kier alpha value is -1.09. The van der Waals surface area contributed by atoms with Gasteiger partial charge in [0, 0.05) is 24.5 Å². The van der Waals surface area contributed by atoms with Crippen molar-refractivity contribution in [2.45, 2.75) is 58.9 Å². The molecule has 1 aromatic rings. The fourth-order valence-corrected chi connectivity index (χ4v) is 2.01. The lowest BCUT2D eigenvalue weighted by molar-refractivity contribution is 0.300. The van der Waals surface area contributed by atoms with Crippen LogP contribution in [0.3, 0.4) is 0 Å². The quantitative estimate of drug-likeness (QED) is 0.615. The molecule has 0 atom stereocenters. The number of rotatable bonds is 11. The minimum atomic E-state index is 0.815. The number of nitrogens with one attached hydrogen (secondary N) is 1. The lowest BCUT2D eigenvalue weighted by Crippen LogP contribution is -2.13. The summed E-state index contributed by atoms with van der Waals surface area (Å²) in [6.07, 6.45) is 11.5. The van der Waals surface area contributed by atoms with Crippen LogP contribution in [0.5, 0.6) is 5.75 Å².